The van der Waals surface area contributed by atoms with Crippen molar-refractivity contribution in [3.8, 4) is 0 Å². The van der Waals surface area contributed by atoms with Crippen molar-refractivity contribution in [1.82, 2.24) is 9.88 Å². The van der Waals surface area contributed by atoms with E-state index in [9.17, 15) is 27.9 Å². The van der Waals surface area contributed by atoms with Crippen LogP contribution in [0, 0.1) is 0 Å². The SMILES string of the molecule is CC1C(=O)N(c2ccc(SC(F)(F)F)cc2)C(=O)N1Cc1ccnc(CO)c1. The van der Waals surface area contributed by atoms with Gasteiger partial charge < -0.3 is 10.0 Å². The number of halogens is 3. The molecule has 1 aliphatic rings. The van der Waals surface area contributed by atoms with Gasteiger partial charge in [-0.3, -0.25) is 9.78 Å². The number of hydrogen-bond acceptors (Lipinski definition) is 5. The van der Waals surface area contributed by atoms with Crippen molar-refractivity contribution >= 4 is 29.4 Å². The van der Waals surface area contributed by atoms with Crippen molar-refractivity contribution in [3.63, 3.8) is 0 Å². The maximum atomic E-state index is 12.8. The summed E-state index contributed by atoms with van der Waals surface area (Å²) >= 11 is -0.265. The fraction of sp³-hybridized carbons (Fsp3) is 0.278. The zero-order chi connectivity index (χ0) is 20.5. The predicted octanol–water partition coefficient (Wildman–Crippen LogP) is 3.54. The summed E-state index contributed by atoms with van der Waals surface area (Å²) in [6.07, 6.45) is 1.50. The van der Waals surface area contributed by atoms with Gasteiger partial charge in [-0.2, -0.15) is 13.2 Å². The number of imide groups is 1. The zero-order valence-corrected chi connectivity index (χ0v) is 15.5. The van der Waals surface area contributed by atoms with E-state index in [1.54, 1.807) is 19.1 Å². The van der Waals surface area contributed by atoms with Gasteiger partial charge >= 0.3 is 11.5 Å². The molecule has 1 aromatic heterocycles. The summed E-state index contributed by atoms with van der Waals surface area (Å²) in [5.74, 6) is -0.460. The fourth-order valence-corrected chi connectivity index (χ4v) is 3.40. The maximum absolute atomic E-state index is 12.8. The number of aliphatic hydroxyl groups excluding tert-OH is 1. The van der Waals surface area contributed by atoms with E-state index in [-0.39, 0.29) is 35.5 Å². The molecule has 1 unspecified atom stereocenters. The Bertz CT molecular complexity index is 890. The van der Waals surface area contributed by atoms with Gasteiger partial charge in [0.25, 0.3) is 5.91 Å². The lowest BCUT2D eigenvalue weighted by molar-refractivity contribution is -0.119. The van der Waals surface area contributed by atoms with Crippen LogP contribution in [0.4, 0.5) is 23.7 Å². The number of pyridine rings is 1. The molecule has 28 heavy (non-hydrogen) atoms. The molecule has 3 rings (SSSR count). The van der Waals surface area contributed by atoms with E-state index in [1.165, 1.54) is 35.4 Å². The number of benzene rings is 1. The van der Waals surface area contributed by atoms with Gasteiger partial charge in [0.1, 0.15) is 6.04 Å². The Morgan fingerprint density at radius 1 is 1.18 bits per heavy atom. The number of urea groups is 1. The molecule has 0 saturated carbocycles. The number of anilines is 1. The van der Waals surface area contributed by atoms with E-state index in [0.717, 1.165) is 4.90 Å². The summed E-state index contributed by atoms with van der Waals surface area (Å²) in [7, 11) is 0. The van der Waals surface area contributed by atoms with Gasteiger partial charge in [-0.05, 0) is 60.6 Å². The monoisotopic (exact) mass is 411 g/mol. The molecule has 6 nitrogen and oxygen atoms in total. The zero-order valence-electron chi connectivity index (χ0n) is 14.7. The maximum Gasteiger partial charge on any atom is 0.446 e. The minimum atomic E-state index is -4.41. The second-order valence-corrected chi connectivity index (χ2v) is 7.25. The molecule has 10 heteroatoms. The Hall–Kier alpha value is -2.59. The molecule has 2 aromatic rings. The van der Waals surface area contributed by atoms with Crippen LogP contribution in [0.2, 0.25) is 0 Å². The van der Waals surface area contributed by atoms with Gasteiger partial charge in [0, 0.05) is 17.6 Å². The third-order valence-electron chi connectivity index (χ3n) is 4.21. The van der Waals surface area contributed by atoms with Gasteiger partial charge in [0.2, 0.25) is 0 Å². The summed E-state index contributed by atoms with van der Waals surface area (Å²) in [6.45, 7) is 1.48. The van der Waals surface area contributed by atoms with E-state index in [0.29, 0.717) is 11.3 Å². The van der Waals surface area contributed by atoms with E-state index in [4.69, 9.17) is 0 Å². The van der Waals surface area contributed by atoms with Crippen molar-refractivity contribution in [2.24, 2.45) is 0 Å². The van der Waals surface area contributed by atoms with E-state index >= 15 is 0 Å². The van der Waals surface area contributed by atoms with Crippen LogP contribution >= 0.6 is 11.8 Å². The van der Waals surface area contributed by atoms with E-state index in [1.807, 2.05) is 0 Å². The Labute approximate surface area is 163 Å². The van der Waals surface area contributed by atoms with Crippen LogP contribution in [0.15, 0.2) is 47.5 Å². The second-order valence-electron chi connectivity index (χ2n) is 6.12. The molecule has 1 aromatic carbocycles. The summed E-state index contributed by atoms with van der Waals surface area (Å²) < 4.78 is 37.3. The number of amides is 3. The predicted molar refractivity (Wildman–Crippen MR) is 96.4 cm³/mol. The Kier molecular flexibility index (Phi) is 5.61. The highest BCUT2D eigenvalue weighted by Crippen LogP contribution is 2.37. The lowest BCUT2D eigenvalue weighted by Gasteiger charge is -2.19. The number of nitrogens with zero attached hydrogens (tertiary/aromatic N) is 3. The quantitative estimate of drug-likeness (QED) is 0.602. The Morgan fingerprint density at radius 2 is 1.86 bits per heavy atom. The smallest absolute Gasteiger partial charge is 0.390 e. The van der Waals surface area contributed by atoms with Crippen LogP contribution in [0.3, 0.4) is 0 Å². The van der Waals surface area contributed by atoms with Gasteiger partial charge in [0.15, 0.2) is 0 Å². The number of carbonyl (C=O) groups excluding carboxylic acids is 2. The third-order valence-corrected chi connectivity index (χ3v) is 4.95. The summed E-state index contributed by atoms with van der Waals surface area (Å²) in [4.78, 5) is 31.6. The number of thioether (sulfide) groups is 1. The van der Waals surface area contributed by atoms with E-state index < -0.39 is 23.5 Å². The van der Waals surface area contributed by atoms with Crippen molar-refractivity contribution in [2.75, 3.05) is 4.90 Å². The number of carbonyl (C=O) groups is 2. The molecule has 0 aliphatic carbocycles. The first kappa shape index (κ1) is 20.2. The first-order chi connectivity index (χ1) is 13.2. The highest BCUT2D eigenvalue weighted by Gasteiger charge is 2.43. The molecule has 3 amide bonds. The minimum absolute atomic E-state index is 0.0337. The average molecular weight is 411 g/mol. The number of alkyl halides is 3. The number of hydrogen-bond donors (Lipinski definition) is 1. The van der Waals surface area contributed by atoms with Crippen molar-refractivity contribution in [1.29, 1.82) is 0 Å². The van der Waals surface area contributed by atoms with Gasteiger partial charge in [-0.1, -0.05) is 0 Å². The molecule has 148 valence electrons. The number of aromatic nitrogens is 1. The lowest BCUT2D eigenvalue weighted by Crippen LogP contribution is -2.33. The van der Waals surface area contributed by atoms with Crippen molar-refractivity contribution < 1.29 is 27.9 Å². The van der Waals surface area contributed by atoms with Crippen LogP contribution < -0.4 is 4.90 Å². The van der Waals surface area contributed by atoms with Crippen LogP contribution in [0.1, 0.15) is 18.2 Å². The molecule has 1 fully saturated rings. The Morgan fingerprint density at radius 3 is 2.46 bits per heavy atom. The summed E-state index contributed by atoms with van der Waals surface area (Å²) in [5.41, 5.74) is -3.06. The average Bonchev–Trinajstić information content (AvgIpc) is 2.85. The van der Waals surface area contributed by atoms with Gasteiger partial charge in [0.05, 0.1) is 18.0 Å². The second kappa shape index (κ2) is 7.80. The highest BCUT2D eigenvalue weighted by molar-refractivity contribution is 8.00. The Balaban J connectivity index is 1.80. The molecule has 0 spiro atoms. The number of rotatable bonds is 5. The summed E-state index contributed by atoms with van der Waals surface area (Å²) in [5, 5.41) is 9.18. The molecule has 1 saturated heterocycles. The lowest BCUT2D eigenvalue weighted by atomic mass is 10.2. The first-order valence-corrected chi connectivity index (χ1v) is 9.06. The van der Waals surface area contributed by atoms with Crippen molar-refractivity contribution in [2.45, 2.75) is 36.5 Å². The molecular weight excluding hydrogens is 395 g/mol. The standard InChI is InChI=1S/C18H16F3N3O3S/c1-11-16(26)24(14-2-4-15(5-3-14)28-18(19,20)21)17(27)23(11)9-12-6-7-22-13(8-12)10-25/h2-8,11,25H,9-10H2,1H3. The number of aliphatic hydroxyl groups is 1. The van der Waals surface area contributed by atoms with Crippen LogP contribution in [0.5, 0.6) is 0 Å². The normalized spacial score (nSPS) is 17.5. The topological polar surface area (TPSA) is 73.7 Å². The van der Waals surface area contributed by atoms with Gasteiger partial charge in [-0.15, -0.1) is 0 Å². The van der Waals surface area contributed by atoms with Crippen molar-refractivity contribution in [3.05, 3.63) is 53.9 Å². The molecule has 0 radical (unpaired) electrons. The molecule has 2 heterocycles. The molecule has 1 atom stereocenters. The third kappa shape index (κ3) is 4.28. The molecular formula is C18H16F3N3O3S. The minimum Gasteiger partial charge on any atom is -0.390 e. The fourth-order valence-electron chi connectivity index (χ4n) is 2.86. The molecule has 1 N–H and O–H groups in total. The van der Waals surface area contributed by atoms with Crippen LogP contribution in [0.25, 0.3) is 0 Å². The largest absolute Gasteiger partial charge is 0.446 e. The molecule has 1 aliphatic heterocycles. The molecule has 0 bridgehead atoms. The highest BCUT2D eigenvalue weighted by atomic mass is 32.2. The first-order valence-electron chi connectivity index (χ1n) is 8.24. The van der Waals surface area contributed by atoms with Crippen LogP contribution in [-0.2, 0) is 17.9 Å². The van der Waals surface area contributed by atoms with Crippen LogP contribution in [-0.4, -0.2) is 38.5 Å². The summed E-state index contributed by atoms with van der Waals surface area (Å²) in [6, 6.07) is 7.09. The van der Waals surface area contributed by atoms with E-state index in [2.05, 4.69) is 4.98 Å². The van der Waals surface area contributed by atoms with Gasteiger partial charge in [-0.25, -0.2) is 9.69 Å².